The third-order valence-corrected chi connectivity index (χ3v) is 2.86. The minimum atomic E-state index is -2.18. The Morgan fingerprint density at radius 2 is 2.42 bits per heavy atom. The van der Waals surface area contributed by atoms with E-state index >= 15 is 0 Å². The van der Waals surface area contributed by atoms with Crippen molar-refractivity contribution >= 4 is 17.7 Å². The molecule has 70 valence electrons. The van der Waals surface area contributed by atoms with Gasteiger partial charge in [-0.25, -0.2) is 4.31 Å². The van der Waals surface area contributed by atoms with E-state index in [0.717, 1.165) is 12.8 Å². The monoisotopic (exact) mass is 191 g/mol. The van der Waals surface area contributed by atoms with E-state index < -0.39 is 11.3 Å². The number of likely N-dealkylation sites (N-methyl/N-ethyl adjacent to an activating group) is 1. The summed E-state index contributed by atoms with van der Waals surface area (Å²) < 4.78 is 22.3. The van der Waals surface area contributed by atoms with Crippen LogP contribution in [0.15, 0.2) is 0 Å². The smallest absolute Gasteiger partial charge is 0.209 e. The van der Waals surface area contributed by atoms with Gasteiger partial charge in [-0.1, -0.05) is 0 Å². The van der Waals surface area contributed by atoms with Gasteiger partial charge in [-0.3, -0.25) is 9.00 Å². The molecule has 0 aromatic carbocycles. The standard InChI is InChI=1S/C6H12N2O3S/c1-7(12(10)11)6-2-3-8(4-6)5-9/h5-6H,2-4H2,1H3,(H,10,11)/p-1/t6-/m0/s1. The molecule has 6 heteroatoms. The van der Waals surface area contributed by atoms with Crippen LogP contribution in [-0.4, -0.2) is 50.6 Å². The Morgan fingerprint density at radius 1 is 1.75 bits per heavy atom. The van der Waals surface area contributed by atoms with Gasteiger partial charge in [0.05, 0.1) is 0 Å². The van der Waals surface area contributed by atoms with E-state index in [1.807, 2.05) is 0 Å². The summed E-state index contributed by atoms with van der Waals surface area (Å²) in [7, 11) is 1.52. The van der Waals surface area contributed by atoms with Gasteiger partial charge in [0.1, 0.15) is 0 Å². The van der Waals surface area contributed by atoms with Crippen LogP contribution in [0.25, 0.3) is 0 Å². The van der Waals surface area contributed by atoms with Gasteiger partial charge in [0.2, 0.25) is 6.41 Å². The van der Waals surface area contributed by atoms with Crippen LogP contribution < -0.4 is 0 Å². The predicted molar refractivity (Wildman–Crippen MR) is 42.7 cm³/mol. The van der Waals surface area contributed by atoms with Crippen LogP contribution >= 0.6 is 0 Å². The molecule has 1 aliphatic rings. The van der Waals surface area contributed by atoms with Crippen LogP contribution in [-0.2, 0) is 16.1 Å². The largest absolute Gasteiger partial charge is 0.760 e. The zero-order chi connectivity index (χ0) is 9.14. The van der Waals surface area contributed by atoms with Gasteiger partial charge in [0.25, 0.3) is 0 Å². The average Bonchev–Trinajstić information content (AvgIpc) is 2.50. The molecule has 0 spiro atoms. The summed E-state index contributed by atoms with van der Waals surface area (Å²) in [6.07, 6.45) is 1.48. The van der Waals surface area contributed by atoms with E-state index in [-0.39, 0.29) is 6.04 Å². The number of rotatable bonds is 3. The highest BCUT2D eigenvalue weighted by molar-refractivity contribution is 7.76. The third kappa shape index (κ3) is 2.02. The topological polar surface area (TPSA) is 63.7 Å². The zero-order valence-corrected chi connectivity index (χ0v) is 7.62. The van der Waals surface area contributed by atoms with Gasteiger partial charge >= 0.3 is 0 Å². The second kappa shape index (κ2) is 3.97. The Labute approximate surface area is 73.8 Å². The van der Waals surface area contributed by atoms with E-state index in [2.05, 4.69) is 0 Å². The van der Waals surface area contributed by atoms with Gasteiger partial charge in [0.15, 0.2) is 0 Å². The van der Waals surface area contributed by atoms with Crippen LogP contribution in [0.2, 0.25) is 0 Å². The average molecular weight is 191 g/mol. The molecule has 1 amide bonds. The minimum Gasteiger partial charge on any atom is -0.760 e. The normalized spacial score (nSPS) is 26.2. The lowest BCUT2D eigenvalue weighted by atomic mass is 10.3. The first kappa shape index (κ1) is 9.63. The zero-order valence-electron chi connectivity index (χ0n) is 6.80. The number of hydrogen-bond donors (Lipinski definition) is 0. The lowest BCUT2D eigenvalue weighted by Gasteiger charge is -2.25. The lowest BCUT2D eigenvalue weighted by Crippen LogP contribution is -2.35. The van der Waals surface area contributed by atoms with Crippen molar-refractivity contribution in [2.24, 2.45) is 0 Å². The molecule has 1 unspecified atom stereocenters. The number of amides is 1. The molecule has 0 aromatic heterocycles. The van der Waals surface area contributed by atoms with Crippen molar-refractivity contribution < 1.29 is 13.6 Å². The van der Waals surface area contributed by atoms with Crippen LogP contribution in [0.5, 0.6) is 0 Å². The van der Waals surface area contributed by atoms with Gasteiger partial charge in [-0.05, 0) is 13.5 Å². The van der Waals surface area contributed by atoms with E-state index in [4.69, 9.17) is 0 Å². The number of nitrogens with zero attached hydrogens (tertiary/aromatic N) is 2. The lowest BCUT2D eigenvalue weighted by molar-refractivity contribution is -0.117. The molecule has 1 aliphatic heterocycles. The summed E-state index contributed by atoms with van der Waals surface area (Å²) in [5, 5.41) is 0. The Bertz CT molecular complexity index is 199. The Hall–Kier alpha value is -0.460. The van der Waals surface area contributed by atoms with Crippen molar-refractivity contribution in [3.8, 4) is 0 Å². The number of carbonyl (C=O) groups excluding carboxylic acids is 1. The van der Waals surface area contributed by atoms with Gasteiger partial charge < -0.3 is 9.45 Å². The van der Waals surface area contributed by atoms with Crippen LogP contribution in [0.1, 0.15) is 6.42 Å². The van der Waals surface area contributed by atoms with Gasteiger partial charge in [0, 0.05) is 30.4 Å². The Kier molecular flexibility index (Phi) is 3.19. The first-order chi connectivity index (χ1) is 5.65. The molecule has 0 aliphatic carbocycles. The van der Waals surface area contributed by atoms with Crippen LogP contribution in [0, 0.1) is 0 Å². The summed E-state index contributed by atoms with van der Waals surface area (Å²) >= 11 is -2.18. The highest BCUT2D eigenvalue weighted by Crippen LogP contribution is 2.13. The second-order valence-corrected chi connectivity index (χ2v) is 3.82. The number of hydrogen-bond acceptors (Lipinski definition) is 3. The maximum Gasteiger partial charge on any atom is 0.209 e. The SMILES string of the molecule is CN([C@H]1CCN(C=O)C1)S(=O)[O-]. The molecule has 0 bridgehead atoms. The molecular formula is C6H11N2O3S-. The van der Waals surface area contributed by atoms with E-state index in [1.165, 1.54) is 11.4 Å². The van der Waals surface area contributed by atoms with Crippen molar-refractivity contribution in [3.05, 3.63) is 0 Å². The predicted octanol–water partition coefficient (Wildman–Crippen LogP) is -1.06. The molecule has 0 N–H and O–H groups in total. The molecule has 1 rings (SSSR count). The first-order valence-corrected chi connectivity index (χ1v) is 4.70. The highest BCUT2D eigenvalue weighted by Gasteiger charge is 2.24. The second-order valence-electron chi connectivity index (χ2n) is 2.81. The molecule has 1 fully saturated rings. The van der Waals surface area contributed by atoms with Gasteiger partial charge in [-0.2, -0.15) is 0 Å². The van der Waals surface area contributed by atoms with Crippen molar-refractivity contribution in [3.63, 3.8) is 0 Å². The van der Waals surface area contributed by atoms with Crippen LogP contribution in [0.4, 0.5) is 0 Å². The summed E-state index contributed by atoms with van der Waals surface area (Å²) in [4.78, 5) is 11.9. The molecule has 0 saturated carbocycles. The van der Waals surface area contributed by atoms with E-state index in [1.54, 1.807) is 4.90 Å². The van der Waals surface area contributed by atoms with Crippen molar-refractivity contribution in [1.82, 2.24) is 9.21 Å². The Morgan fingerprint density at radius 3 is 2.83 bits per heavy atom. The summed E-state index contributed by atoms with van der Waals surface area (Å²) in [5.74, 6) is 0. The first-order valence-electron chi connectivity index (χ1n) is 3.66. The molecular weight excluding hydrogens is 180 g/mol. The molecule has 12 heavy (non-hydrogen) atoms. The molecule has 5 nitrogen and oxygen atoms in total. The fraction of sp³-hybridized carbons (Fsp3) is 0.833. The van der Waals surface area contributed by atoms with Crippen molar-refractivity contribution in [2.75, 3.05) is 20.1 Å². The maximum absolute atomic E-state index is 10.5. The summed E-state index contributed by atoms with van der Waals surface area (Å²) in [5.41, 5.74) is 0. The maximum atomic E-state index is 10.5. The molecule has 1 saturated heterocycles. The van der Waals surface area contributed by atoms with Crippen molar-refractivity contribution in [2.45, 2.75) is 12.5 Å². The third-order valence-electron chi connectivity index (χ3n) is 2.09. The van der Waals surface area contributed by atoms with E-state index in [9.17, 15) is 13.6 Å². The van der Waals surface area contributed by atoms with Gasteiger partial charge in [-0.15, -0.1) is 0 Å². The molecule has 0 aromatic rings. The summed E-state index contributed by atoms with van der Waals surface area (Å²) in [6.45, 7) is 1.16. The summed E-state index contributed by atoms with van der Waals surface area (Å²) in [6, 6.07) is -0.0477. The Balaban J connectivity index is 2.46. The number of likely N-dealkylation sites (tertiary alicyclic amines) is 1. The quantitative estimate of drug-likeness (QED) is 0.422. The molecule has 0 radical (unpaired) electrons. The van der Waals surface area contributed by atoms with Crippen molar-refractivity contribution in [1.29, 1.82) is 0 Å². The highest BCUT2D eigenvalue weighted by atomic mass is 32.2. The fourth-order valence-electron chi connectivity index (χ4n) is 1.28. The fourth-order valence-corrected chi connectivity index (χ4v) is 1.70. The van der Waals surface area contributed by atoms with E-state index in [0.29, 0.717) is 13.1 Å². The molecule has 1 heterocycles. The van der Waals surface area contributed by atoms with Crippen LogP contribution in [0.3, 0.4) is 0 Å². The molecule has 2 atom stereocenters. The minimum absolute atomic E-state index is 0.0477. The number of carbonyl (C=O) groups is 1.